The van der Waals surface area contributed by atoms with E-state index in [4.69, 9.17) is 0 Å². The fourth-order valence-corrected chi connectivity index (χ4v) is 2.26. The maximum atomic E-state index is 9.33. The van der Waals surface area contributed by atoms with E-state index in [2.05, 4.69) is 27.0 Å². The molecule has 0 saturated heterocycles. The zero-order valence-electron chi connectivity index (χ0n) is 9.34. The van der Waals surface area contributed by atoms with Crippen LogP contribution in [0.15, 0.2) is 53.1 Å². The molecule has 0 aliphatic carbocycles. The van der Waals surface area contributed by atoms with Gasteiger partial charge in [-0.3, -0.25) is 4.40 Å². The molecule has 0 unspecified atom stereocenters. The van der Waals surface area contributed by atoms with Crippen LogP contribution in [0.2, 0.25) is 0 Å². The zero-order chi connectivity index (χ0) is 12.5. The average Bonchev–Trinajstić information content (AvgIpc) is 2.77. The predicted octanol–water partition coefficient (Wildman–Crippen LogP) is 3.64. The molecule has 86 valence electrons. The van der Waals surface area contributed by atoms with Crippen LogP contribution in [0.3, 0.4) is 0 Å². The topological polar surface area (TPSA) is 41.1 Å². The molecule has 0 amide bonds. The molecule has 0 bridgehead atoms. The molecule has 0 spiro atoms. The number of rotatable bonds is 1. The number of hydrogen-bond acceptors (Lipinski definition) is 2. The molecule has 1 aromatic carbocycles. The van der Waals surface area contributed by atoms with E-state index in [0.717, 1.165) is 21.4 Å². The summed E-state index contributed by atoms with van der Waals surface area (Å²) in [6.07, 6.45) is 1.85. The highest BCUT2D eigenvalue weighted by Gasteiger charge is 2.13. The normalized spacial score (nSPS) is 10.4. The lowest BCUT2D eigenvalue weighted by molar-refractivity contribution is 1.14. The first-order valence-electron chi connectivity index (χ1n) is 5.43. The lowest BCUT2D eigenvalue weighted by Gasteiger charge is -1.97. The maximum Gasteiger partial charge on any atom is 0.152 e. The summed E-state index contributed by atoms with van der Waals surface area (Å²) < 4.78 is 2.72. The van der Waals surface area contributed by atoms with E-state index in [1.807, 2.05) is 48.7 Å². The number of fused-ring (bicyclic) bond motifs is 1. The van der Waals surface area contributed by atoms with E-state index in [-0.39, 0.29) is 0 Å². The van der Waals surface area contributed by atoms with Gasteiger partial charge in [0.1, 0.15) is 17.4 Å². The number of aromatic nitrogens is 2. The Kier molecular flexibility index (Phi) is 2.62. The molecular weight excluding hydrogens is 290 g/mol. The molecule has 0 radical (unpaired) electrons. The van der Waals surface area contributed by atoms with Crippen molar-refractivity contribution in [3.05, 3.63) is 58.8 Å². The largest absolute Gasteiger partial charge is 0.290 e. The molecule has 0 aliphatic heterocycles. The monoisotopic (exact) mass is 297 g/mol. The minimum Gasteiger partial charge on any atom is -0.290 e. The van der Waals surface area contributed by atoms with Gasteiger partial charge < -0.3 is 0 Å². The summed E-state index contributed by atoms with van der Waals surface area (Å²) in [7, 11) is 0. The lowest BCUT2D eigenvalue weighted by Crippen LogP contribution is -1.88. The summed E-state index contributed by atoms with van der Waals surface area (Å²) in [6, 6.07) is 15.8. The van der Waals surface area contributed by atoms with Gasteiger partial charge in [0.2, 0.25) is 0 Å². The molecule has 0 saturated carbocycles. The van der Waals surface area contributed by atoms with Crippen LogP contribution in [-0.4, -0.2) is 9.38 Å². The fraction of sp³-hybridized carbons (Fsp3) is 0. The van der Waals surface area contributed by atoms with E-state index in [1.165, 1.54) is 0 Å². The van der Waals surface area contributed by atoms with Crippen molar-refractivity contribution in [1.82, 2.24) is 9.38 Å². The number of hydrogen-bond donors (Lipinski definition) is 0. The molecule has 0 atom stereocenters. The van der Waals surface area contributed by atoms with E-state index in [1.54, 1.807) is 4.40 Å². The first-order chi connectivity index (χ1) is 8.79. The van der Waals surface area contributed by atoms with E-state index in [9.17, 15) is 5.26 Å². The van der Waals surface area contributed by atoms with Crippen molar-refractivity contribution in [2.45, 2.75) is 0 Å². The lowest BCUT2D eigenvalue weighted by atomic mass is 10.1. The summed E-state index contributed by atoms with van der Waals surface area (Å²) in [6.45, 7) is 0. The smallest absolute Gasteiger partial charge is 0.152 e. The van der Waals surface area contributed by atoms with Crippen LogP contribution in [-0.2, 0) is 0 Å². The van der Waals surface area contributed by atoms with Crippen molar-refractivity contribution in [1.29, 1.82) is 5.26 Å². The number of halogens is 1. The predicted molar refractivity (Wildman–Crippen MR) is 73.0 cm³/mol. The Morgan fingerprint density at radius 2 is 1.89 bits per heavy atom. The average molecular weight is 298 g/mol. The highest BCUT2D eigenvalue weighted by Crippen LogP contribution is 2.24. The molecule has 3 aromatic rings. The third kappa shape index (κ3) is 1.69. The van der Waals surface area contributed by atoms with Gasteiger partial charge in [-0.15, -0.1) is 0 Å². The van der Waals surface area contributed by atoms with Crippen molar-refractivity contribution in [2.24, 2.45) is 0 Å². The number of pyridine rings is 1. The zero-order valence-corrected chi connectivity index (χ0v) is 10.9. The second kappa shape index (κ2) is 4.28. The minimum absolute atomic E-state index is 0.553. The van der Waals surface area contributed by atoms with E-state index >= 15 is 0 Å². The Morgan fingerprint density at radius 1 is 1.11 bits per heavy atom. The Balaban J connectivity index is 2.34. The van der Waals surface area contributed by atoms with Gasteiger partial charge in [-0.05, 0) is 28.1 Å². The number of imidazole rings is 1. The number of nitriles is 1. The second-order valence-corrected chi connectivity index (χ2v) is 4.78. The Morgan fingerprint density at radius 3 is 2.61 bits per heavy atom. The van der Waals surface area contributed by atoms with Crippen LogP contribution in [0, 0.1) is 11.3 Å². The van der Waals surface area contributed by atoms with Crippen molar-refractivity contribution in [2.75, 3.05) is 0 Å². The van der Waals surface area contributed by atoms with Crippen LogP contribution in [0.4, 0.5) is 0 Å². The van der Waals surface area contributed by atoms with Gasteiger partial charge in [-0.2, -0.15) is 5.26 Å². The SMILES string of the molecule is N#Cc1c(-c2ccccc2)nc2ccc(Br)cn12. The van der Waals surface area contributed by atoms with Crippen molar-refractivity contribution in [3.8, 4) is 17.3 Å². The molecule has 0 aliphatic rings. The highest BCUT2D eigenvalue weighted by atomic mass is 79.9. The first-order valence-corrected chi connectivity index (χ1v) is 6.22. The molecule has 4 heteroatoms. The third-order valence-electron chi connectivity index (χ3n) is 2.74. The molecular formula is C14H8BrN3. The minimum atomic E-state index is 0.553. The van der Waals surface area contributed by atoms with Crippen LogP contribution < -0.4 is 0 Å². The van der Waals surface area contributed by atoms with Crippen molar-refractivity contribution >= 4 is 21.6 Å². The van der Waals surface area contributed by atoms with E-state index in [0.29, 0.717) is 5.69 Å². The van der Waals surface area contributed by atoms with Gasteiger partial charge >= 0.3 is 0 Å². The number of nitrogens with zero attached hydrogens (tertiary/aromatic N) is 3. The molecule has 0 fully saturated rings. The van der Waals surface area contributed by atoms with Crippen molar-refractivity contribution < 1.29 is 0 Å². The third-order valence-corrected chi connectivity index (χ3v) is 3.20. The Hall–Kier alpha value is -2.12. The van der Waals surface area contributed by atoms with Crippen molar-refractivity contribution in [3.63, 3.8) is 0 Å². The fourth-order valence-electron chi connectivity index (χ4n) is 1.92. The Labute approximate surface area is 112 Å². The quantitative estimate of drug-likeness (QED) is 0.688. The van der Waals surface area contributed by atoms with Crippen LogP contribution in [0.1, 0.15) is 5.69 Å². The summed E-state index contributed by atoms with van der Waals surface area (Å²) in [5.41, 5.74) is 3.00. The van der Waals surface area contributed by atoms with Crippen LogP contribution in [0.25, 0.3) is 16.9 Å². The summed E-state index contributed by atoms with van der Waals surface area (Å²) in [4.78, 5) is 4.51. The van der Waals surface area contributed by atoms with Gasteiger partial charge in [0.05, 0.1) is 0 Å². The standard InChI is InChI=1S/C14H8BrN3/c15-11-6-7-13-17-14(10-4-2-1-3-5-10)12(8-16)18(13)9-11/h1-7,9H. The molecule has 0 N–H and O–H groups in total. The summed E-state index contributed by atoms with van der Waals surface area (Å²) in [5, 5.41) is 9.33. The van der Waals surface area contributed by atoms with Crippen LogP contribution >= 0.6 is 15.9 Å². The molecule has 3 nitrogen and oxygen atoms in total. The first kappa shape index (κ1) is 11.0. The van der Waals surface area contributed by atoms with Gasteiger partial charge in [-0.25, -0.2) is 4.98 Å². The second-order valence-electron chi connectivity index (χ2n) is 3.86. The molecule has 2 aromatic heterocycles. The highest BCUT2D eigenvalue weighted by molar-refractivity contribution is 9.10. The number of benzene rings is 1. The summed E-state index contributed by atoms with van der Waals surface area (Å²) in [5.74, 6) is 0. The van der Waals surface area contributed by atoms with Gasteiger partial charge in [0.25, 0.3) is 0 Å². The van der Waals surface area contributed by atoms with Gasteiger partial charge in [0.15, 0.2) is 5.69 Å². The maximum absolute atomic E-state index is 9.33. The molecule has 3 rings (SSSR count). The Bertz CT molecular complexity index is 754. The van der Waals surface area contributed by atoms with Gasteiger partial charge in [-0.1, -0.05) is 30.3 Å². The van der Waals surface area contributed by atoms with Gasteiger partial charge in [0, 0.05) is 16.2 Å². The molecule has 18 heavy (non-hydrogen) atoms. The van der Waals surface area contributed by atoms with Crippen LogP contribution in [0.5, 0.6) is 0 Å². The molecule has 2 heterocycles. The van der Waals surface area contributed by atoms with E-state index < -0.39 is 0 Å². The summed E-state index contributed by atoms with van der Waals surface area (Å²) >= 11 is 3.40.